The van der Waals surface area contributed by atoms with Crippen molar-refractivity contribution in [3.05, 3.63) is 42.0 Å². The van der Waals surface area contributed by atoms with Crippen molar-refractivity contribution in [1.82, 2.24) is 9.97 Å². The van der Waals surface area contributed by atoms with E-state index in [-0.39, 0.29) is 11.8 Å². The van der Waals surface area contributed by atoms with Gasteiger partial charge in [0.05, 0.1) is 20.3 Å². The minimum absolute atomic E-state index is 0.0234. The fourth-order valence-electron chi connectivity index (χ4n) is 1.76. The first-order valence-corrected chi connectivity index (χ1v) is 6.33. The molecule has 6 nitrogen and oxygen atoms in total. The average Bonchev–Trinajstić information content (AvgIpc) is 2.52. The van der Waals surface area contributed by atoms with Gasteiger partial charge in [-0.3, -0.25) is 4.79 Å². The number of nitrogens with zero attached hydrogens (tertiary/aromatic N) is 2. The number of hydrogen-bond donors (Lipinski definition) is 0. The molecule has 1 heterocycles. The van der Waals surface area contributed by atoms with Gasteiger partial charge in [-0.1, -0.05) is 30.3 Å². The van der Waals surface area contributed by atoms with E-state index in [4.69, 9.17) is 14.2 Å². The zero-order valence-corrected chi connectivity index (χ0v) is 12.1. The number of benzene rings is 1. The normalized spacial score (nSPS) is 11.6. The molecule has 0 N–H and O–H groups in total. The van der Waals surface area contributed by atoms with E-state index in [1.54, 1.807) is 0 Å². The third kappa shape index (κ3) is 3.68. The lowest BCUT2D eigenvalue weighted by Gasteiger charge is -2.16. The van der Waals surface area contributed by atoms with Gasteiger partial charge in [0.1, 0.15) is 0 Å². The number of carbonyl (C=O) groups is 1. The molecule has 0 amide bonds. The average molecular weight is 288 g/mol. The molecule has 0 saturated carbocycles. The topological polar surface area (TPSA) is 70.5 Å². The molecule has 2 aromatic rings. The molecule has 2 rings (SSSR count). The molecule has 1 atom stereocenters. The Morgan fingerprint density at radius 3 is 2.10 bits per heavy atom. The van der Waals surface area contributed by atoms with Gasteiger partial charge in [0.25, 0.3) is 0 Å². The number of methoxy groups -OCH3 is 2. The van der Waals surface area contributed by atoms with E-state index in [2.05, 4.69) is 9.97 Å². The van der Waals surface area contributed by atoms with Crippen molar-refractivity contribution in [2.45, 2.75) is 13.0 Å². The van der Waals surface area contributed by atoms with Crippen molar-refractivity contribution in [2.75, 3.05) is 14.2 Å². The van der Waals surface area contributed by atoms with Crippen molar-refractivity contribution >= 4 is 5.78 Å². The number of carbonyl (C=O) groups excluding carboxylic acids is 1. The lowest BCUT2D eigenvalue weighted by molar-refractivity contribution is -0.124. The molecular formula is C15H16N2O4. The van der Waals surface area contributed by atoms with Crippen molar-refractivity contribution in [2.24, 2.45) is 0 Å². The molecule has 1 aromatic heterocycles. The second-order valence-electron chi connectivity index (χ2n) is 4.25. The van der Waals surface area contributed by atoms with Crippen LogP contribution in [0.3, 0.4) is 0 Å². The van der Waals surface area contributed by atoms with Crippen LogP contribution >= 0.6 is 0 Å². The molecule has 0 spiro atoms. The summed E-state index contributed by atoms with van der Waals surface area (Å²) in [5.74, 6) is 0.450. The van der Waals surface area contributed by atoms with Crippen LogP contribution in [0, 0.1) is 0 Å². The van der Waals surface area contributed by atoms with Gasteiger partial charge >= 0.3 is 6.01 Å². The van der Waals surface area contributed by atoms with Crippen LogP contribution in [-0.2, 0) is 4.79 Å². The molecule has 0 aliphatic heterocycles. The van der Waals surface area contributed by atoms with E-state index in [0.717, 1.165) is 5.56 Å². The van der Waals surface area contributed by atoms with Crippen LogP contribution in [0.25, 0.3) is 0 Å². The summed E-state index contributed by atoms with van der Waals surface area (Å²) >= 11 is 0. The highest BCUT2D eigenvalue weighted by atomic mass is 16.5. The Morgan fingerprint density at radius 1 is 1.05 bits per heavy atom. The third-order valence-corrected chi connectivity index (χ3v) is 2.77. The number of hydrogen-bond acceptors (Lipinski definition) is 6. The standard InChI is InChI=1S/C15H16N2O4/c1-10(18)14(11-7-5-4-6-8-11)21-15-16-12(19-2)9-13(17-15)20-3/h4-9,14H,1-3H3. The summed E-state index contributed by atoms with van der Waals surface area (Å²) in [7, 11) is 2.95. The summed E-state index contributed by atoms with van der Waals surface area (Å²) in [5.41, 5.74) is 0.732. The van der Waals surface area contributed by atoms with Crippen molar-refractivity contribution in [1.29, 1.82) is 0 Å². The SMILES string of the molecule is COc1cc(OC)nc(OC(C(C)=O)c2ccccc2)n1. The Hall–Kier alpha value is -2.63. The van der Waals surface area contributed by atoms with Crippen molar-refractivity contribution < 1.29 is 19.0 Å². The smallest absolute Gasteiger partial charge is 0.324 e. The molecule has 0 aliphatic carbocycles. The van der Waals surface area contributed by atoms with Crippen LogP contribution < -0.4 is 14.2 Å². The first-order valence-electron chi connectivity index (χ1n) is 6.33. The van der Waals surface area contributed by atoms with E-state index < -0.39 is 6.10 Å². The van der Waals surface area contributed by atoms with Crippen LogP contribution in [0.1, 0.15) is 18.6 Å². The molecule has 21 heavy (non-hydrogen) atoms. The van der Waals surface area contributed by atoms with Gasteiger partial charge in [0.2, 0.25) is 11.8 Å². The summed E-state index contributed by atoms with van der Waals surface area (Å²) < 4.78 is 15.7. The maximum absolute atomic E-state index is 11.8. The minimum Gasteiger partial charge on any atom is -0.481 e. The fourth-order valence-corrected chi connectivity index (χ4v) is 1.76. The van der Waals surface area contributed by atoms with Crippen LogP contribution in [0.5, 0.6) is 17.8 Å². The summed E-state index contributed by atoms with van der Waals surface area (Å²) in [6.07, 6.45) is -0.775. The van der Waals surface area contributed by atoms with Gasteiger partial charge in [-0.25, -0.2) is 0 Å². The number of ether oxygens (including phenoxy) is 3. The van der Waals surface area contributed by atoms with E-state index >= 15 is 0 Å². The molecule has 6 heteroatoms. The Labute approximate surface area is 122 Å². The number of Topliss-reactive ketones (excluding diaryl/α,β-unsaturated/α-hetero) is 1. The zero-order valence-electron chi connectivity index (χ0n) is 12.1. The van der Waals surface area contributed by atoms with Gasteiger partial charge in [-0.05, 0) is 12.5 Å². The maximum atomic E-state index is 11.8. The second-order valence-corrected chi connectivity index (χ2v) is 4.25. The highest BCUT2D eigenvalue weighted by Gasteiger charge is 2.20. The molecule has 0 bridgehead atoms. The lowest BCUT2D eigenvalue weighted by atomic mass is 10.1. The summed E-state index contributed by atoms with van der Waals surface area (Å²) in [4.78, 5) is 19.9. The van der Waals surface area contributed by atoms with Gasteiger partial charge < -0.3 is 14.2 Å². The lowest BCUT2D eigenvalue weighted by Crippen LogP contribution is -2.17. The summed E-state index contributed by atoms with van der Waals surface area (Å²) in [6, 6.07) is 10.7. The van der Waals surface area contributed by atoms with Crippen LogP contribution in [0.4, 0.5) is 0 Å². The zero-order chi connectivity index (χ0) is 15.2. The van der Waals surface area contributed by atoms with Gasteiger partial charge in [-0.2, -0.15) is 9.97 Å². The van der Waals surface area contributed by atoms with Crippen molar-refractivity contribution in [3.8, 4) is 17.8 Å². The molecule has 0 fully saturated rings. The first kappa shape index (κ1) is 14.8. The molecule has 0 radical (unpaired) electrons. The number of ketones is 1. The highest BCUT2D eigenvalue weighted by molar-refractivity contribution is 5.82. The monoisotopic (exact) mass is 288 g/mol. The molecule has 0 aliphatic rings. The molecule has 110 valence electrons. The predicted octanol–water partition coefficient (Wildman–Crippen LogP) is 2.20. The van der Waals surface area contributed by atoms with Crippen LogP contribution in [0.15, 0.2) is 36.4 Å². The Balaban J connectivity index is 2.31. The first-order chi connectivity index (χ1) is 10.1. The molecular weight excluding hydrogens is 272 g/mol. The Bertz CT molecular complexity index is 594. The van der Waals surface area contributed by atoms with Crippen LogP contribution in [0.2, 0.25) is 0 Å². The van der Waals surface area contributed by atoms with E-state index in [1.807, 2.05) is 30.3 Å². The molecule has 1 unspecified atom stereocenters. The minimum atomic E-state index is -0.775. The van der Waals surface area contributed by atoms with Gasteiger partial charge in [-0.15, -0.1) is 0 Å². The van der Waals surface area contributed by atoms with E-state index in [1.165, 1.54) is 27.2 Å². The van der Waals surface area contributed by atoms with E-state index in [9.17, 15) is 4.79 Å². The number of aromatic nitrogens is 2. The van der Waals surface area contributed by atoms with Gasteiger partial charge in [0.15, 0.2) is 11.9 Å². The third-order valence-electron chi connectivity index (χ3n) is 2.77. The second kappa shape index (κ2) is 6.69. The fraction of sp³-hybridized carbons (Fsp3) is 0.267. The van der Waals surface area contributed by atoms with Crippen molar-refractivity contribution in [3.63, 3.8) is 0 Å². The summed E-state index contributed by atoms with van der Waals surface area (Å²) in [5, 5.41) is 0. The molecule has 1 aromatic carbocycles. The maximum Gasteiger partial charge on any atom is 0.324 e. The largest absolute Gasteiger partial charge is 0.481 e. The molecule has 0 saturated heterocycles. The van der Waals surface area contributed by atoms with Crippen LogP contribution in [-0.4, -0.2) is 30.0 Å². The van der Waals surface area contributed by atoms with Gasteiger partial charge in [0, 0.05) is 0 Å². The summed E-state index contributed by atoms with van der Waals surface area (Å²) in [6.45, 7) is 1.45. The predicted molar refractivity (Wildman–Crippen MR) is 75.6 cm³/mol. The Kier molecular flexibility index (Phi) is 4.71. The Morgan fingerprint density at radius 2 is 1.62 bits per heavy atom. The number of rotatable bonds is 6. The quantitative estimate of drug-likeness (QED) is 0.811. The highest BCUT2D eigenvalue weighted by Crippen LogP contribution is 2.24. The van der Waals surface area contributed by atoms with E-state index in [0.29, 0.717) is 11.8 Å².